The van der Waals surface area contributed by atoms with Crippen molar-refractivity contribution in [1.82, 2.24) is 0 Å². The second kappa shape index (κ2) is 7.61. The predicted molar refractivity (Wildman–Crippen MR) is 71.2 cm³/mol. The molecule has 0 fully saturated rings. The van der Waals surface area contributed by atoms with E-state index in [1.807, 2.05) is 6.07 Å². The quantitative estimate of drug-likeness (QED) is 0.611. The highest BCUT2D eigenvalue weighted by Gasteiger charge is 2.10. The van der Waals surface area contributed by atoms with Gasteiger partial charge in [-0.3, -0.25) is 4.79 Å². The molecule has 0 aromatic heterocycles. The van der Waals surface area contributed by atoms with Gasteiger partial charge in [0.1, 0.15) is 5.82 Å². The molecule has 94 valence electrons. The Morgan fingerprint density at radius 3 is 2.76 bits per heavy atom. The topological polar surface area (TPSA) is 37.3 Å². The van der Waals surface area contributed by atoms with E-state index in [0.717, 1.165) is 11.5 Å². The van der Waals surface area contributed by atoms with Crippen LogP contribution in [-0.2, 0) is 4.79 Å². The van der Waals surface area contributed by atoms with Gasteiger partial charge in [-0.15, -0.1) is 11.8 Å². The molecule has 0 aliphatic heterocycles. The molecule has 0 saturated heterocycles. The number of thioether (sulfide) groups is 2. The van der Waals surface area contributed by atoms with E-state index in [9.17, 15) is 9.18 Å². The summed E-state index contributed by atoms with van der Waals surface area (Å²) in [4.78, 5) is 11.2. The van der Waals surface area contributed by atoms with Gasteiger partial charge in [0, 0.05) is 22.2 Å². The Balaban J connectivity index is 2.17. The van der Waals surface area contributed by atoms with Crippen molar-refractivity contribution in [3.63, 3.8) is 0 Å². The molecule has 1 N–H and O–H groups in total. The lowest BCUT2D eigenvalue weighted by atomic mass is 10.2. The Kier molecular flexibility index (Phi) is 6.44. The van der Waals surface area contributed by atoms with Crippen molar-refractivity contribution >= 4 is 29.5 Å². The smallest absolute Gasteiger partial charge is 0.307 e. The molecule has 5 heteroatoms. The van der Waals surface area contributed by atoms with Crippen molar-refractivity contribution in [3.05, 3.63) is 30.1 Å². The zero-order chi connectivity index (χ0) is 12.7. The average molecular weight is 274 g/mol. The summed E-state index contributed by atoms with van der Waals surface area (Å²) in [6.45, 7) is 1.69. The fourth-order valence-corrected chi connectivity index (χ4v) is 3.17. The first-order valence-electron chi connectivity index (χ1n) is 5.29. The highest BCUT2D eigenvalue weighted by Crippen LogP contribution is 2.22. The first-order valence-corrected chi connectivity index (χ1v) is 7.43. The maximum atomic E-state index is 13.2. The third-order valence-electron chi connectivity index (χ3n) is 2.11. The van der Waals surface area contributed by atoms with Crippen LogP contribution in [-0.4, -0.2) is 28.3 Å². The Bertz CT molecular complexity index is 371. The number of carboxylic acid groups (broad SMARTS) is 1. The van der Waals surface area contributed by atoms with Gasteiger partial charge in [-0.25, -0.2) is 4.39 Å². The number of aliphatic carboxylic acids is 1. The molecule has 0 saturated carbocycles. The van der Waals surface area contributed by atoms with Gasteiger partial charge >= 0.3 is 5.97 Å². The Morgan fingerprint density at radius 1 is 1.41 bits per heavy atom. The maximum absolute atomic E-state index is 13.2. The van der Waals surface area contributed by atoms with Gasteiger partial charge in [-0.2, -0.15) is 11.8 Å². The van der Waals surface area contributed by atoms with Crippen molar-refractivity contribution in [2.24, 2.45) is 5.92 Å². The molecule has 1 aromatic carbocycles. The minimum absolute atomic E-state index is 0.193. The zero-order valence-corrected chi connectivity index (χ0v) is 11.2. The normalized spacial score (nSPS) is 12.4. The van der Waals surface area contributed by atoms with Gasteiger partial charge in [0.2, 0.25) is 0 Å². The van der Waals surface area contributed by atoms with Crippen LogP contribution in [0, 0.1) is 11.7 Å². The van der Waals surface area contributed by atoms with Crippen LogP contribution in [0.5, 0.6) is 0 Å². The number of rotatable bonds is 7. The number of hydrogen-bond donors (Lipinski definition) is 1. The molecule has 1 rings (SSSR count). The van der Waals surface area contributed by atoms with Crippen LogP contribution >= 0.6 is 23.5 Å². The lowest BCUT2D eigenvalue weighted by Gasteiger charge is -2.06. The number of carbonyl (C=O) groups is 1. The Morgan fingerprint density at radius 2 is 2.12 bits per heavy atom. The van der Waals surface area contributed by atoms with Gasteiger partial charge in [-0.05, 0) is 12.1 Å². The van der Waals surface area contributed by atoms with Crippen LogP contribution in [0.2, 0.25) is 0 Å². The van der Waals surface area contributed by atoms with Gasteiger partial charge < -0.3 is 5.11 Å². The first kappa shape index (κ1) is 14.4. The standard InChI is InChI=1S/C12H15FO2S2/c1-9(12(14)15)8-16-6-7-17-11-5-3-2-4-10(11)13/h2-5,9H,6-8H2,1H3,(H,14,15). The van der Waals surface area contributed by atoms with E-state index in [4.69, 9.17) is 5.11 Å². The van der Waals surface area contributed by atoms with E-state index in [1.54, 1.807) is 30.8 Å². The summed E-state index contributed by atoms with van der Waals surface area (Å²) in [7, 11) is 0. The van der Waals surface area contributed by atoms with Crippen LogP contribution in [0.25, 0.3) is 0 Å². The van der Waals surface area contributed by atoms with Crippen LogP contribution in [0.1, 0.15) is 6.92 Å². The van der Waals surface area contributed by atoms with Gasteiger partial charge in [0.05, 0.1) is 5.92 Å². The molecule has 0 aliphatic carbocycles. The molecule has 0 spiro atoms. The molecule has 1 atom stereocenters. The maximum Gasteiger partial charge on any atom is 0.307 e. The second-order valence-corrected chi connectivity index (χ2v) is 5.88. The Hall–Kier alpha value is -0.680. The lowest BCUT2D eigenvalue weighted by Crippen LogP contribution is -2.12. The van der Waals surface area contributed by atoms with Crippen LogP contribution < -0.4 is 0 Å². The number of benzene rings is 1. The van der Waals surface area contributed by atoms with Crippen molar-refractivity contribution in [2.75, 3.05) is 17.3 Å². The second-order valence-electron chi connectivity index (χ2n) is 3.59. The summed E-state index contributed by atoms with van der Waals surface area (Å²) in [5, 5.41) is 8.68. The molecule has 0 heterocycles. The largest absolute Gasteiger partial charge is 0.481 e. The molecule has 0 amide bonds. The van der Waals surface area contributed by atoms with E-state index in [-0.39, 0.29) is 11.7 Å². The van der Waals surface area contributed by atoms with Crippen LogP contribution in [0.3, 0.4) is 0 Å². The summed E-state index contributed by atoms with van der Waals surface area (Å²) in [5.74, 6) is 0.945. The number of carboxylic acids is 1. The van der Waals surface area contributed by atoms with E-state index in [0.29, 0.717) is 10.6 Å². The highest BCUT2D eigenvalue weighted by atomic mass is 32.2. The Labute approximate surface area is 109 Å². The molecular formula is C12H15FO2S2. The molecule has 2 nitrogen and oxygen atoms in total. The van der Waals surface area contributed by atoms with Crippen molar-refractivity contribution < 1.29 is 14.3 Å². The highest BCUT2D eigenvalue weighted by molar-refractivity contribution is 8.03. The fourth-order valence-electron chi connectivity index (χ4n) is 1.10. The molecule has 0 aliphatic rings. The summed E-state index contributed by atoms with van der Waals surface area (Å²) >= 11 is 3.05. The molecular weight excluding hydrogens is 259 g/mol. The predicted octanol–water partition coefficient (Wildman–Crippen LogP) is 3.37. The minimum Gasteiger partial charge on any atom is -0.481 e. The van der Waals surface area contributed by atoms with Crippen LogP contribution in [0.4, 0.5) is 4.39 Å². The van der Waals surface area contributed by atoms with E-state index in [1.165, 1.54) is 17.8 Å². The van der Waals surface area contributed by atoms with Crippen LogP contribution in [0.15, 0.2) is 29.2 Å². The summed E-state index contributed by atoms with van der Waals surface area (Å²) in [6, 6.07) is 6.68. The molecule has 0 radical (unpaired) electrons. The molecule has 1 aromatic rings. The van der Waals surface area contributed by atoms with Gasteiger partial charge in [-0.1, -0.05) is 19.1 Å². The third-order valence-corrected chi connectivity index (χ3v) is 4.65. The molecule has 0 bridgehead atoms. The number of halogens is 1. The van der Waals surface area contributed by atoms with Crippen molar-refractivity contribution in [2.45, 2.75) is 11.8 Å². The molecule has 1 unspecified atom stereocenters. The monoisotopic (exact) mass is 274 g/mol. The van der Waals surface area contributed by atoms with Crippen molar-refractivity contribution in [1.29, 1.82) is 0 Å². The van der Waals surface area contributed by atoms with E-state index < -0.39 is 5.97 Å². The molecule has 17 heavy (non-hydrogen) atoms. The number of hydrogen-bond acceptors (Lipinski definition) is 3. The van der Waals surface area contributed by atoms with Gasteiger partial charge in [0.15, 0.2) is 0 Å². The summed E-state index contributed by atoms with van der Waals surface area (Å²) < 4.78 is 13.2. The summed E-state index contributed by atoms with van der Waals surface area (Å²) in [6.07, 6.45) is 0. The van der Waals surface area contributed by atoms with E-state index in [2.05, 4.69) is 0 Å². The lowest BCUT2D eigenvalue weighted by molar-refractivity contribution is -0.140. The minimum atomic E-state index is -0.765. The van der Waals surface area contributed by atoms with Gasteiger partial charge in [0.25, 0.3) is 0 Å². The SMILES string of the molecule is CC(CSCCSc1ccccc1F)C(=O)O. The van der Waals surface area contributed by atoms with Crippen molar-refractivity contribution in [3.8, 4) is 0 Å². The van der Waals surface area contributed by atoms with E-state index >= 15 is 0 Å². The summed E-state index contributed by atoms with van der Waals surface area (Å²) in [5.41, 5.74) is 0. The third kappa shape index (κ3) is 5.46. The zero-order valence-electron chi connectivity index (χ0n) is 9.56. The first-order chi connectivity index (χ1) is 8.11. The fraction of sp³-hybridized carbons (Fsp3) is 0.417. The average Bonchev–Trinajstić information content (AvgIpc) is 2.30.